The van der Waals surface area contributed by atoms with Gasteiger partial charge in [0, 0.05) is 12.0 Å². The Morgan fingerprint density at radius 3 is 2.45 bits per heavy atom. The maximum atomic E-state index is 14.7. The summed E-state index contributed by atoms with van der Waals surface area (Å²) < 4.78 is 94.5. The number of alkyl halides is 6. The summed E-state index contributed by atoms with van der Waals surface area (Å²) >= 11 is 5.75. The van der Waals surface area contributed by atoms with Crippen LogP contribution in [0.1, 0.15) is 34.3 Å². The summed E-state index contributed by atoms with van der Waals surface area (Å²) in [7, 11) is 0. The van der Waals surface area contributed by atoms with Crippen molar-refractivity contribution in [3.05, 3.63) is 49.3 Å². The Hall–Kier alpha value is -2.66. The van der Waals surface area contributed by atoms with E-state index in [1.165, 1.54) is 0 Å². The molecule has 0 spiro atoms. The number of thiazole rings is 1. The van der Waals surface area contributed by atoms with Crippen LogP contribution in [0.5, 0.6) is 0 Å². The molecule has 0 unspecified atom stereocenters. The average Bonchev–Trinajstić information content (AvgIpc) is 3.18. The average molecular weight is 486 g/mol. The molecule has 6 nitrogen and oxygen atoms in total. The molecule has 0 saturated heterocycles. The third-order valence-electron chi connectivity index (χ3n) is 4.62. The zero-order valence-corrected chi connectivity index (χ0v) is 16.3. The molecule has 4 rings (SSSR count). The summed E-state index contributed by atoms with van der Waals surface area (Å²) in [5, 5.41) is 11.6. The van der Waals surface area contributed by atoms with Gasteiger partial charge in [-0.25, -0.2) is 9.67 Å². The van der Waals surface area contributed by atoms with E-state index in [1.807, 2.05) is 6.07 Å². The van der Waals surface area contributed by atoms with Gasteiger partial charge in [0.2, 0.25) is 5.82 Å². The first kappa shape index (κ1) is 21.6. The van der Waals surface area contributed by atoms with E-state index in [2.05, 4.69) is 10.1 Å². The number of rotatable bonds is 3. The van der Waals surface area contributed by atoms with Crippen LogP contribution in [0.25, 0.3) is 4.96 Å². The molecule has 3 aromatic heterocycles. The molecule has 0 aromatic carbocycles. The Balaban J connectivity index is 1.86. The van der Waals surface area contributed by atoms with E-state index in [9.17, 15) is 35.5 Å². The minimum atomic E-state index is -4.88. The smallest absolute Gasteiger partial charge is 0.265 e. The van der Waals surface area contributed by atoms with Gasteiger partial charge in [-0.2, -0.15) is 41.1 Å². The molecule has 0 radical (unpaired) electrons. The molecule has 1 aliphatic carbocycles. The van der Waals surface area contributed by atoms with Crippen molar-refractivity contribution >= 4 is 27.9 Å². The first-order valence-corrected chi connectivity index (χ1v) is 9.53. The van der Waals surface area contributed by atoms with Gasteiger partial charge < -0.3 is 0 Å². The summed E-state index contributed by atoms with van der Waals surface area (Å²) in [4.78, 5) is 14.6. The summed E-state index contributed by atoms with van der Waals surface area (Å²) in [5.41, 5.74) is -4.09. The molecule has 15 heteroatoms. The van der Waals surface area contributed by atoms with E-state index < -0.39 is 74.2 Å². The van der Waals surface area contributed by atoms with Crippen molar-refractivity contribution in [1.82, 2.24) is 19.2 Å². The number of aromatic nitrogens is 4. The molecule has 0 N–H and O–H groups in total. The Labute approximate surface area is 176 Å². The molecular formula is C16H7ClF7N5OS. The van der Waals surface area contributed by atoms with Crippen LogP contribution < -0.4 is 5.56 Å². The maximum absolute atomic E-state index is 14.7. The van der Waals surface area contributed by atoms with Gasteiger partial charge in [0.15, 0.2) is 10.7 Å². The lowest BCUT2D eigenvalue weighted by molar-refractivity contribution is -0.141. The number of hydrogen-bond acceptors (Lipinski definition) is 5. The quantitative estimate of drug-likeness (QED) is 0.513. The monoisotopic (exact) mass is 485 g/mol. The van der Waals surface area contributed by atoms with Gasteiger partial charge in [-0.15, -0.1) is 0 Å². The Bertz CT molecular complexity index is 1300. The molecule has 1 fully saturated rings. The second-order valence-electron chi connectivity index (χ2n) is 6.70. The molecule has 0 bridgehead atoms. The Morgan fingerprint density at radius 2 is 1.94 bits per heavy atom. The van der Waals surface area contributed by atoms with E-state index >= 15 is 0 Å². The number of nitrogens with zero attached hydrogens (tertiary/aromatic N) is 5. The van der Waals surface area contributed by atoms with Crippen molar-refractivity contribution < 1.29 is 30.7 Å². The van der Waals surface area contributed by atoms with Crippen LogP contribution in [0, 0.1) is 23.1 Å². The van der Waals surface area contributed by atoms with Crippen LogP contribution in [-0.2, 0) is 18.9 Å². The fourth-order valence-corrected chi connectivity index (χ4v) is 4.39. The molecule has 0 aliphatic heterocycles. The highest BCUT2D eigenvalue weighted by molar-refractivity contribution is 7.17. The van der Waals surface area contributed by atoms with Gasteiger partial charge >= 0.3 is 12.4 Å². The largest absolute Gasteiger partial charge is 0.435 e. The van der Waals surface area contributed by atoms with E-state index in [0.717, 1.165) is 0 Å². The summed E-state index contributed by atoms with van der Waals surface area (Å²) in [6.07, 6.45) is -9.65. The summed E-state index contributed by atoms with van der Waals surface area (Å²) in [6, 6.07) is 2.29. The third kappa shape index (κ3) is 3.65. The van der Waals surface area contributed by atoms with Crippen LogP contribution in [-0.4, -0.2) is 19.2 Å². The number of halogens is 8. The number of nitriles is 1. The van der Waals surface area contributed by atoms with Crippen LogP contribution in [0.3, 0.4) is 0 Å². The molecule has 1 saturated carbocycles. The fraction of sp³-hybridized carbons (Fsp3) is 0.375. The first-order valence-electron chi connectivity index (χ1n) is 8.34. The van der Waals surface area contributed by atoms with Gasteiger partial charge in [-0.3, -0.25) is 9.20 Å². The highest BCUT2D eigenvalue weighted by atomic mass is 35.5. The van der Waals surface area contributed by atoms with Crippen LogP contribution in [0.2, 0.25) is 5.15 Å². The molecule has 3 heterocycles. The zero-order valence-electron chi connectivity index (χ0n) is 14.7. The van der Waals surface area contributed by atoms with Crippen molar-refractivity contribution in [3.63, 3.8) is 0 Å². The minimum Gasteiger partial charge on any atom is -0.265 e. The molecule has 3 aromatic rings. The Morgan fingerprint density at radius 1 is 1.26 bits per heavy atom. The molecule has 1 aliphatic rings. The van der Waals surface area contributed by atoms with Gasteiger partial charge in [0.1, 0.15) is 15.7 Å². The Kier molecular flexibility index (Phi) is 4.82. The lowest BCUT2D eigenvalue weighted by Crippen LogP contribution is -2.24. The number of hydrogen-bond donors (Lipinski definition) is 0. The van der Waals surface area contributed by atoms with Crippen LogP contribution >= 0.6 is 22.9 Å². The van der Waals surface area contributed by atoms with Crippen molar-refractivity contribution in [3.8, 4) is 6.07 Å². The summed E-state index contributed by atoms with van der Waals surface area (Å²) in [5.74, 6) is -3.22. The SMILES string of the molecule is N#C[C@@H]1C[C@@H]1c1c(C(F)(F)F)sc2nc(Cn3nc(C(F)(F)F)cc3Cl)c(F)c(=O)n12. The maximum Gasteiger partial charge on any atom is 0.435 e. The molecule has 0 amide bonds. The van der Waals surface area contributed by atoms with E-state index in [-0.39, 0.29) is 17.8 Å². The van der Waals surface area contributed by atoms with Crippen LogP contribution in [0.15, 0.2) is 10.9 Å². The molecule has 164 valence electrons. The first-order chi connectivity index (χ1) is 14.3. The van der Waals surface area contributed by atoms with Crippen molar-refractivity contribution in [2.75, 3.05) is 0 Å². The highest BCUT2D eigenvalue weighted by Crippen LogP contribution is 2.52. The highest BCUT2D eigenvalue weighted by Gasteiger charge is 2.48. The van der Waals surface area contributed by atoms with E-state index in [4.69, 9.17) is 16.9 Å². The molecule has 2 atom stereocenters. The second-order valence-corrected chi connectivity index (χ2v) is 8.06. The van der Waals surface area contributed by atoms with Gasteiger partial charge in [-0.05, 0) is 6.42 Å². The van der Waals surface area contributed by atoms with E-state index in [0.29, 0.717) is 15.1 Å². The van der Waals surface area contributed by atoms with E-state index in [1.54, 1.807) is 0 Å². The molecule has 31 heavy (non-hydrogen) atoms. The minimum absolute atomic E-state index is 0.0737. The lowest BCUT2D eigenvalue weighted by Gasteiger charge is -2.08. The zero-order chi connectivity index (χ0) is 22.9. The normalized spacial score (nSPS) is 19.1. The predicted molar refractivity (Wildman–Crippen MR) is 92.1 cm³/mol. The number of fused-ring (bicyclic) bond motifs is 1. The second kappa shape index (κ2) is 6.92. The third-order valence-corrected chi connectivity index (χ3v) is 6.02. The summed E-state index contributed by atoms with van der Waals surface area (Å²) in [6.45, 7) is -0.814. The fourth-order valence-electron chi connectivity index (χ4n) is 3.12. The van der Waals surface area contributed by atoms with Crippen molar-refractivity contribution in [1.29, 1.82) is 5.26 Å². The molecular weight excluding hydrogens is 479 g/mol. The van der Waals surface area contributed by atoms with Crippen molar-refractivity contribution in [2.45, 2.75) is 31.2 Å². The topological polar surface area (TPSA) is 76.0 Å². The van der Waals surface area contributed by atoms with Gasteiger partial charge in [0.25, 0.3) is 5.56 Å². The van der Waals surface area contributed by atoms with Gasteiger partial charge in [0.05, 0.1) is 24.2 Å². The van der Waals surface area contributed by atoms with Crippen molar-refractivity contribution in [2.24, 2.45) is 5.92 Å². The standard InChI is InChI=1S/C16H7ClF7N5OS/c17-9-2-8(15(19,20)21)27-28(9)4-7-10(18)13(30)29-11(6-1-5(6)3-25)12(16(22,23)24)31-14(29)26-7/h2,5-6H,1,4H2/t5-,6-/m0/s1. The van der Waals surface area contributed by atoms with Crippen LogP contribution in [0.4, 0.5) is 30.7 Å². The van der Waals surface area contributed by atoms with Gasteiger partial charge in [-0.1, -0.05) is 22.9 Å². The lowest BCUT2D eigenvalue weighted by atomic mass is 10.2. The predicted octanol–water partition coefficient (Wildman–Crippen LogP) is 4.46.